The Kier molecular flexibility index (Phi) is 10.4. The van der Waals surface area contributed by atoms with Gasteiger partial charge in [0.15, 0.2) is 0 Å². The van der Waals surface area contributed by atoms with E-state index in [4.69, 9.17) is 9.47 Å². The Hall–Kier alpha value is -4.20. The maximum Gasteiger partial charge on any atom is 0.407 e. The van der Waals surface area contributed by atoms with E-state index in [1.165, 1.54) is 11.0 Å². The molecule has 1 aromatic carbocycles. The third-order valence-electron chi connectivity index (χ3n) is 12.2. The summed E-state index contributed by atoms with van der Waals surface area (Å²) in [6.45, 7) is 10.0. The Balaban J connectivity index is 1.26. The maximum absolute atomic E-state index is 15.0. The highest BCUT2D eigenvalue weighted by Gasteiger charge is 2.62. The van der Waals surface area contributed by atoms with Crippen LogP contribution in [0, 0.1) is 17.3 Å². The zero-order valence-corrected chi connectivity index (χ0v) is 32.3. The lowest BCUT2D eigenvalue weighted by Crippen LogP contribution is -2.60. The molecule has 2 aliphatic heterocycles. The molecular weight excluding hydrogens is 711 g/mol. The van der Waals surface area contributed by atoms with Gasteiger partial charge in [-0.15, -0.1) is 6.58 Å². The largest absolute Gasteiger partial charge is 0.472 e. The second-order valence-corrected chi connectivity index (χ2v) is 18.7. The number of nitrogens with zero attached hydrogens (tertiary/aromatic N) is 2. The van der Waals surface area contributed by atoms with E-state index in [1.807, 2.05) is 19.1 Å². The number of pyridine rings is 1. The number of aryl methyl sites for hydroxylation is 1. The molecule has 1 aromatic heterocycles. The van der Waals surface area contributed by atoms with Gasteiger partial charge in [0.1, 0.15) is 23.7 Å². The normalized spacial score (nSPS) is 30.4. The Morgan fingerprint density at radius 1 is 1.11 bits per heavy atom. The van der Waals surface area contributed by atoms with E-state index in [0.717, 1.165) is 61.3 Å². The van der Waals surface area contributed by atoms with Crippen molar-refractivity contribution in [1.29, 1.82) is 0 Å². The van der Waals surface area contributed by atoms with Crippen molar-refractivity contribution >= 4 is 44.6 Å². The second kappa shape index (κ2) is 14.8. The number of ether oxygens (including phenoxy) is 2. The lowest BCUT2D eigenvalue weighted by atomic mass is 9.87. The first-order valence-electron chi connectivity index (χ1n) is 19.6. The van der Waals surface area contributed by atoms with Crippen LogP contribution < -0.4 is 20.1 Å². The third kappa shape index (κ3) is 7.67. The summed E-state index contributed by atoms with van der Waals surface area (Å²) in [6.07, 6.45) is 9.24. The van der Waals surface area contributed by atoms with Crippen LogP contribution in [0.25, 0.3) is 10.8 Å². The van der Waals surface area contributed by atoms with Crippen LogP contribution in [0.4, 0.5) is 4.79 Å². The van der Waals surface area contributed by atoms with E-state index >= 15 is 4.79 Å². The molecule has 54 heavy (non-hydrogen) atoms. The number of amides is 4. The first-order chi connectivity index (χ1) is 25.7. The second-order valence-electron chi connectivity index (χ2n) is 16.7. The van der Waals surface area contributed by atoms with Gasteiger partial charge in [-0.2, -0.15) is 0 Å². The number of hydrogen-bond acceptors (Lipinski definition) is 9. The summed E-state index contributed by atoms with van der Waals surface area (Å²) in [4.78, 5) is 62.8. The lowest BCUT2D eigenvalue weighted by Gasteiger charge is -2.36. The predicted octanol–water partition coefficient (Wildman–Crippen LogP) is 4.68. The molecule has 4 fully saturated rings. The standard InChI is InChI=1S/C40H53N5O8S/c1-5-27-22-40(27,37(48)44-54(50,51)28-15-16-28)43-34(46)31-21-32-30(6-2)45(31)36(47)33(26-11-7-8-12-26)42-38(49)52-23-39(3,4)18-9-10-24-13-14-25-17-19-41-35(53-32)29(25)20-24/h5,13-14,17,19-20,26-28,30-33H,1,6-12,15-16,18,21-23H2,2-4H3,(H,42,49)(H,43,46)(H,44,48)/t27-,30?,31+,32-,33+,40-/m1/s1. The number of alkyl carbamates (subject to hydrolysis) is 1. The molecule has 4 amide bonds. The van der Waals surface area contributed by atoms with Gasteiger partial charge >= 0.3 is 6.09 Å². The molecule has 3 saturated carbocycles. The highest BCUT2D eigenvalue weighted by atomic mass is 32.2. The smallest absolute Gasteiger partial charge is 0.407 e. The zero-order valence-electron chi connectivity index (χ0n) is 31.5. The molecule has 14 heteroatoms. The number of fused-ring (bicyclic) bond motifs is 3. The quantitative estimate of drug-likeness (QED) is 0.323. The number of nitrogens with one attached hydrogen (secondary N) is 3. The van der Waals surface area contributed by atoms with Crippen molar-refractivity contribution in [3.8, 4) is 5.88 Å². The van der Waals surface area contributed by atoms with Gasteiger partial charge in [-0.3, -0.25) is 19.1 Å². The van der Waals surface area contributed by atoms with Gasteiger partial charge in [-0.1, -0.05) is 51.8 Å². The van der Waals surface area contributed by atoms with Crippen LogP contribution in [0.15, 0.2) is 43.1 Å². The number of benzene rings is 1. The summed E-state index contributed by atoms with van der Waals surface area (Å²) < 4.78 is 40.3. The Morgan fingerprint density at radius 3 is 2.56 bits per heavy atom. The molecule has 3 aliphatic carbocycles. The van der Waals surface area contributed by atoms with Gasteiger partial charge in [-0.05, 0) is 92.2 Å². The summed E-state index contributed by atoms with van der Waals surface area (Å²) in [5.74, 6) is -2.11. The summed E-state index contributed by atoms with van der Waals surface area (Å²) in [7, 11) is -3.89. The summed E-state index contributed by atoms with van der Waals surface area (Å²) in [5.41, 5.74) is -0.736. The summed E-state index contributed by atoms with van der Waals surface area (Å²) in [6, 6.07) is 5.49. The van der Waals surface area contributed by atoms with E-state index in [-0.39, 0.29) is 30.8 Å². The lowest BCUT2D eigenvalue weighted by molar-refractivity contribution is -0.144. The molecular formula is C40H53N5O8S. The number of hydrogen-bond donors (Lipinski definition) is 3. The molecule has 5 aliphatic rings. The van der Waals surface area contributed by atoms with Crippen molar-refractivity contribution in [2.45, 2.75) is 133 Å². The number of carbonyl (C=O) groups excluding carboxylic acids is 4. The van der Waals surface area contributed by atoms with Crippen LogP contribution in [0.1, 0.15) is 97.0 Å². The minimum atomic E-state index is -3.89. The average Bonchev–Trinajstić information content (AvgIpc) is 4.02. The number of rotatable bonds is 8. The minimum absolute atomic E-state index is 0.0840. The van der Waals surface area contributed by atoms with Crippen molar-refractivity contribution in [2.24, 2.45) is 17.3 Å². The van der Waals surface area contributed by atoms with Gasteiger partial charge in [0.2, 0.25) is 27.7 Å². The highest BCUT2D eigenvalue weighted by Crippen LogP contribution is 2.46. The predicted molar refractivity (Wildman–Crippen MR) is 202 cm³/mol. The molecule has 3 heterocycles. The van der Waals surface area contributed by atoms with E-state index in [1.54, 1.807) is 6.20 Å². The number of aromatic nitrogens is 1. The van der Waals surface area contributed by atoms with Gasteiger partial charge < -0.3 is 25.0 Å². The molecule has 4 bridgehead atoms. The number of sulfonamides is 1. The Bertz CT molecular complexity index is 1930. The Morgan fingerprint density at radius 2 is 1.87 bits per heavy atom. The fraction of sp³-hybridized carbons (Fsp3) is 0.625. The Labute approximate surface area is 317 Å². The fourth-order valence-corrected chi connectivity index (χ4v) is 10.1. The number of cyclic esters (lactones) is 1. The van der Waals surface area contributed by atoms with Gasteiger partial charge in [0, 0.05) is 23.9 Å². The van der Waals surface area contributed by atoms with Crippen LogP contribution in [-0.4, -0.2) is 83.7 Å². The van der Waals surface area contributed by atoms with Crippen molar-refractivity contribution < 1.29 is 37.1 Å². The van der Waals surface area contributed by atoms with Crippen LogP contribution in [-0.2, 0) is 35.6 Å². The average molecular weight is 764 g/mol. The molecule has 0 spiro atoms. The monoisotopic (exact) mass is 763 g/mol. The maximum atomic E-state index is 15.0. The van der Waals surface area contributed by atoms with Gasteiger partial charge in [-0.25, -0.2) is 18.2 Å². The van der Waals surface area contributed by atoms with Gasteiger partial charge in [0.05, 0.1) is 17.9 Å². The topological polar surface area (TPSA) is 173 Å². The molecule has 13 nitrogen and oxygen atoms in total. The molecule has 2 aromatic rings. The van der Waals surface area contributed by atoms with Crippen molar-refractivity contribution in [2.75, 3.05) is 6.61 Å². The molecule has 1 unspecified atom stereocenters. The van der Waals surface area contributed by atoms with Crippen molar-refractivity contribution in [1.82, 2.24) is 25.2 Å². The van der Waals surface area contributed by atoms with Crippen molar-refractivity contribution in [3.63, 3.8) is 0 Å². The third-order valence-corrected chi connectivity index (χ3v) is 14.0. The summed E-state index contributed by atoms with van der Waals surface area (Å²) in [5, 5.41) is 6.94. The molecule has 1 saturated heterocycles. The zero-order chi connectivity index (χ0) is 38.4. The van der Waals surface area contributed by atoms with Crippen LogP contribution in [0.5, 0.6) is 5.88 Å². The summed E-state index contributed by atoms with van der Waals surface area (Å²) >= 11 is 0. The minimum Gasteiger partial charge on any atom is -0.472 e. The molecule has 3 N–H and O–H groups in total. The molecule has 7 rings (SSSR count). The first-order valence-corrected chi connectivity index (χ1v) is 21.1. The number of carbonyl (C=O) groups is 4. The van der Waals surface area contributed by atoms with Crippen LogP contribution in [0.3, 0.4) is 0 Å². The molecule has 292 valence electrons. The fourth-order valence-electron chi connectivity index (χ4n) is 8.74. The highest BCUT2D eigenvalue weighted by molar-refractivity contribution is 7.91. The van der Waals surface area contributed by atoms with E-state index < -0.39 is 74.8 Å². The first kappa shape index (κ1) is 38.1. The van der Waals surface area contributed by atoms with E-state index in [2.05, 4.69) is 52.9 Å². The van der Waals surface area contributed by atoms with Crippen LogP contribution in [0.2, 0.25) is 0 Å². The SMILES string of the molecule is C=C[C@@H]1C[C@]1(NC(=O)[C@@H]1C[C@H]2Oc3nccc4ccc(cc34)CCCC(C)(C)COC(=O)N[C@@H](C3CCCC3)C(=O)N1C2CC)C(=O)NS(=O)(=O)C1CC1. The van der Waals surface area contributed by atoms with E-state index in [9.17, 15) is 22.8 Å². The molecule has 0 radical (unpaired) electrons. The van der Waals surface area contributed by atoms with Crippen molar-refractivity contribution in [3.05, 3.63) is 48.7 Å². The van der Waals surface area contributed by atoms with Crippen LogP contribution >= 0.6 is 0 Å². The van der Waals surface area contributed by atoms with Gasteiger partial charge in [0.25, 0.3) is 5.91 Å². The molecule has 6 atom stereocenters. The van der Waals surface area contributed by atoms with E-state index in [0.29, 0.717) is 25.1 Å².